The Morgan fingerprint density at radius 1 is 1.10 bits per heavy atom. The van der Waals surface area contributed by atoms with Gasteiger partial charge in [-0.3, -0.25) is 4.79 Å². The van der Waals surface area contributed by atoms with Gasteiger partial charge in [-0.05, 0) is 5.56 Å². The molecule has 7 heteroatoms. The number of carbonyl (C=O) groups is 1. The maximum atomic E-state index is 13.0. The molecule has 0 aliphatic rings. The van der Waals surface area contributed by atoms with Crippen LogP contribution in [0.25, 0.3) is 0 Å². The Morgan fingerprint density at radius 3 is 1.85 bits per heavy atom. The van der Waals surface area contributed by atoms with E-state index in [0.717, 1.165) is 31.2 Å². The van der Waals surface area contributed by atoms with E-state index in [4.69, 9.17) is 5.11 Å². The summed E-state index contributed by atoms with van der Waals surface area (Å²) < 4.78 is 63.9. The first kappa shape index (κ1) is 16.4. The second kappa shape index (κ2) is 5.38. The maximum absolute atomic E-state index is 13.0. The van der Waals surface area contributed by atoms with E-state index in [-0.39, 0.29) is 11.1 Å². The van der Waals surface area contributed by atoms with Crippen molar-refractivity contribution in [2.75, 3.05) is 0 Å². The topological polar surface area (TPSA) is 37.3 Å². The van der Waals surface area contributed by atoms with Crippen LogP contribution in [0, 0.1) is 5.92 Å². The van der Waals surface area contributed by atoms with E-state index in [2.05, 4.69) is 0 Å². The van der Waals surface area contributed by atoms with Crippen molar-refractivity contribution in [3.63, 3.8) is 0 Å². The van der Waals surface area contributed by atoms with E-state index in [9.17, 15) is 26.7 Å². The van der Waals surface area contributed by atoms with Gasteiger partial charge in [0, 0.05) is 12.5 Å². The van der Waals surface area contributed by atoms with Gasteiger partial charge in [-0.1, -0.05) is 31.2 Å². The quantitative estimate of drug-likeness (QED) is 0.847. The summed E-state index contributed by atoms with van der Waals surface area (Å²) in [4.78, 5) is 11.0. The van der Waals surface area contributed by atoms with Crippen LogP contribution in [0.15, 0.2) is 24.3 Å². The number of alkyl halides is 5. The average molecular weight is 296 g/mol. The minimum absolute atomic E-state index is 0.157. The van der Waals surface area contributed by atoms with Crippen molar-refractivity contribution in [3.05, 3.63) is 35.4 Å². The molecule has 0 saturated heterocycles. The number of carboxylic acid groups (broad SMARTS) is 1. The van der Waals surface area contributed by atoms with Gasteiger partial charge in [0.15, 0.2) is 0 Å². The molecule has 0 radical (unpaired) electrons. The molecule has 0 unspecified atom stereocenters. The fraction of sp³-hybridized carbons (Fsp3) is 0.462. The second-order valence-corrected chi connectivity index (χ2v) is 4.66. The minimum atomic E-state index is -4.68. The first-order valence-electron chi connectivity index (χ1n) is 5.72. The molecule has 20 heavy (non-hydrogen) atoms. The molecule has 0 heterocycles. The molecule has 0 bridgehead atoms. The third-order valence-electron chi connectivity index (χ3n) is 3.06. The standard InChI is InChI=1S/C13H13F5O2/c1-7(13(16,17)18)10(11(19)20)8-3-5-9(6-4-8)12(2,14)15/h3-7,10H,1-2H3,(H,19,20)/t7-,10+/m1/s1. The molecular formula is C13H13F5O2. The Morgan fingerprint density at radius 2 is 1.55 bits per heavy atom. The number of carboxylic acids is 1. The Bertz CT molecular complexity index is 473. The lowest BCUT2D eigenvalue weighted by Crippen LogP contribution is -2.31. The smallest absolute Gasteiger partial charge is 0.392 e. The van der Waals surface area contributed by atoms with Crippen molar-refractivity contribution in [1.29, 1.82) is 0 Å². The van der Waals surface area contributed by atoms with Crippen molar-refractivity contribution < 1.29 is 31.9 Å². The van der Waals surface area contributed by atoms with Crippen molar-refractivity contribution in [2.45, 2.75) is 31.9 Å². The summed E-state index contributed by atoms with van der Waals surface area (Å²) in [6, 6.07) is 3.87. The fourth-order valence-electron chi connectivity index (χ4n) is 1.82. The van der Waals surface area contributed by atoms with Crippen LogP contribution in [0.4, 0.5) is 22.0 Å². The number of halogens is 5. The number of rotatable bonds is 4. The first-order valence-corrected chi connectivity index (χ1v) is 5.72. The minimum Gasteiger partial charge on any atom is -0.481 e. The lowest BCUT2D eigenvalue weighted by Gasteiger charge is -2.23. The fourth-order valence-corrected chi connectivity index (χ4v) is 1.82. The van der Waals surface area contributed by atoms with Gasteiger partial charge in [-0.15, -0.1) is 0 Å². The normalized spacial score (nSPS) is 15.8. The van der Waals surface area contributed by atoms with Crippen LogP contribution < -0.4 is 0 Å². The zero-order valence-electron chi connectivity index (χ0n) is 10.7. The number of hydrogen-bond donors (Lipinski definition) is 1. The number of aliphatic carboxylic acids is 1. The van der Waals surface area contributed by atoms with Gasteiger partial charge in [-0.2, -0.15) is 13.2 Å². The van der Waals surface area contributed by atoms with Gasteiger partial charge in [0.1, 0.15) is 0 Å². The Balaban J connectivity index is 3.15. The van der Waals surface area contributed by atoms with Crippen molar-refractivity contribution in [3.8, 4) is 0 Å². The van der Waals surface area contributed by atoms with Crippen molar-refractivity contribution in [1.82, 2.24) is 0 Å². The molecule has 1 N–H and O–H groups in total. The predicted molar refractivity (Wildman–Crippen MR) is 61.6 cm³/mol. The lowest BCUT2D eigenvalue weighted by molar-refractivity contribution is -0.183. The molecule has 0 aliphatic carbocycles. The summed E-state index contributed by atoms with van der Waals surface area (Å²) in [5, 5.41) is 8.94. The molecule has 2 atom stereocenters. The average Bonchev–Trinajstić information content (AvgIpc) is 2.26. The first-order chi connectivity index (χ1) is 8.94. The molecule has 2 nitrogen and oxygen atoms in total. The highest BCUT2D eigenvalue weighted by molar-refractivity contribution is 5.76. The van der Waals surface area contributed by atoms with E-state index in [1.54, 1.807) is 0 Å². The molecule has 0 spiro atoms. The predicted octanol–water partition coefficient (Wildman–Crippen LogP) is 4.16. The molecule has 0 saturated carbocycles. The Kier molecular flexibility index (Phi) is 4.41. The van der Waals surface area contributed by atoms with Gasteiger partial charge in [0.05, 0.1) is 11.8 Å². The molecule has 112 valence electrons. The third-order valence-corrected chi connectivity index (χ3v) is 3.06. The highest BCUT2D eigenvalue weighted by Gasteiger charge is 2.45. The molecule has 1 rings (SSSR count). The number of hydrogen-bond acceptors (Lipinski definition) is 1. The molecule has 1 aromatic rings. The highest BCUT2D eigenvalue weighted by Crippen LogP contribution is 2.38. The summed E-state index contributed by atoms with van der Waals surface area (Å²) in [5.74, 6) is -8.72. The monoisotopic (exact) mass is 296 g/mol. The van der Waals surface area contributed by atoms with Crippen LogP contribution in [-0.4, -0.2) is 17.3 Å². The molecule has 0 fully saturated rings. The third kappa shape index (κ3) is 3.68. The van der Waals surface area contributed by atoms with E-state index in [1.165, 1.54) is 0 Å². The lowest BCUT2D eigenvalue weighted by atomic mass is 9.86. The molecule has 0 amide bonds. The van der Waals surface area contributed by atoms with Gasteiger partial charge in [-0.25, -0.2) is 8.78 Å². The second-order valence-electron chi connectivity index (χ2n) is 4.66. The van der Waals surface area contributed by atoms with Crippen LogP contribution in [-0.2, 0) is 10.7 Å². The van der Waals surface area contributed by atoms with Crippen molar-refractivity contribution >= 4 is 5.97 Å². The molecule has 0 aromatic heterocycles. The summed E-state index contributed by atoms with van der Waals surface area (Å²) in [5.41, 5.74) is -0.541. The summed E-state index contributed by atoms with van der Waals surface area (Å²) in [7, 11) is 0. The van der Waals surface area contributed by atoms with Crippen LogP contribution in [0.1, 0.15) is 30.9 Å². The van der Waals surface area contributed by atoms with Gasteiger partial charge in [0.25, 0.3) is 5.92 Å². The van der Waals surface area contributed by atoms with Crippen LogP contribution in [0.3, 0.4) is 0 Å². The van der Waals surface area contributed by atoms with E-state index in [1.807, 2.05) is 0 Å². The van der Waals surface area contributed by atoms with Gasteiger partial charge >= 0.3 is 12.1 Å². The summed E-state index contributed by atoms with van der Waals surface area (Å²) in [6.07, 6.45) is -4.68. The van der Waals surface area contributed by atoms with Crippen molar-refractivity contribution in [2.24, 2.45) is 5.92 Å². The molecular weight excluding hydrogens is 283 g/mol. The number of benzene rings is 1. The Hall–Kier alpha value is -1.66. The molecule has 0 aliphatic heterocycles. The van der Waals surface area contributed by atoms with Gasteiger partial charge in [0.2, 0.25) is 0 Å². The van der Waals surface area contributed by atoms with Crippen LogP contribution in [0.2, 0.25) is 0 Å². The van der Waals surface area contributed by atoms with E-state index < -0.39 is 29.9 Å². The largest absolute Gasteiger partial charge is 0.481 e. The summed E-state index contributed by atoms with van der Waals surface area (Å²) >= 11 is 0. The highest BCUT2D eigenvalue weighted by atomic mass is 19.4. The van der Waals surface area contributed by atoms with Crippen LogP contribution >= 0.6 is 0 Å². The van der Waals surface area contributed by atoms with Gasteiger partial charge < -0.3 is 5.11 Å². The Labute approximate surface area is 112 Å². The zero-order chi connectivity index (χ0) is 15.7. The SMILES string of the molecule is C[C@H]([C@H](C(=O)O)c1ccc(C(C)(F)F)cc1)C(F)(F)F. The zero-order valence-corrected chi connectivity index (χ0v) is 10.7. The maximum Gasteiger partial charge on any atom is 0.392 e. The summed E-state index contributed by atoms with van der Waals surface area (Å²) in [6.45, 7) is 1.40. The van der Waals surface area contributed by atoms with E-state index >= 15 is 0 Å². The molecule has 1 aromatic carbocycles. The van der Waals surface area contributed by atoms with E-state index in [0.29, 0.717) is 6.92 Å². The van der Waals surface area contributed by atoms with Crippen LogP contribution in [0.5, 0.6) is 0 Å².